The summed E-state index contributed by atoms with van der Waals surface area (Å²) in [6.45, 7) is 7.70. The molecule has 2 N–H and O–H groups in total. The summed E-state index contributed by atoms with van der Waals surface area (Å²) in [5.41, 5.74) is 8.27. The molecule has 5 rings (SSSR count). The molecule has 1 aliphatic rings. The lowest BCUT2D eigenvalue weighted by molar-refractivity contribution is -0.0286. The van der Waals surface area contributed by atoms with Gasteiger partial charge in [0.2, 0.25) is 0 Å². The second-order valence-corrected chi connectivity index (χ2v) is 8.44. The van der Waals surface area contributed by atoms with Crippen molar-refractivity contribution in [3.8, 4) is 22.8 Å². The topological polar surface area (TPSA) is 131 Å². The van der Waals surface area contributed by atoms with Crippen molar-refractivity contribution in [2.75, 3.05) is 18.9 Å². The molecule has 4 aromatic rings. The van der Waals surface area contributed by atoms with E-state index in [4.69, 9.17) is 20.0 Å². The van der Waals surface area contributed by atoms with Crippen molar-refractivity contribution in [1.82, 2.24) is 34.9 Å². The van der Waals surface area contributed by atoms with Gasteiger partial charge in [0.25, 0.3) is 5.89 Å². The van der Waals surface area contributed by atoms with Crippen LogP contribution in [0, 0.1) is 5.92 Å². The molecule has 5 heterocycles. The van der Waals surface area contributed by atoms with Gasteiger partial charge >= 0.3 is 0 Å². The minimum absolute atomic E-state index is 0.187. The van der Waals surface area contributed by atoms with Gasteiger partial charge < -0.3 is 15.0 Å². The molecule has 164 valence electrons. The van der Waals surface area contributed by atoms with Crippen LogP contribution >= 0.6 is 0 Å². The van der Waals surface area contributed by atoms with Crippen molar-refractivity contribution in [3.05, 3.63) is 54.5 Å². The Kier molecular flexibility index (Phi) is 4.93. The molecule has 0 aromatic carbocycles. The average molecular weight is 432 g/mol. The number of rotatable bonds is 6. The smallest absolute Gasteiger partial charge is 0.261 e. The van der Waals surface area contributed by atoms with Crippen LogP contribution in [0.2, 0.25) is 0 Å². The lowest BCUT2D eigenvalue weighted by Gasteiger charge is -2.30. The Morgan fingerprint density at radius 1 is 1.06 bits per heavy atom. The zero-order valence-corrected chi connectivity index (χ0v) is 18.1. The van der Waals surface area contributed by atoms with Crippen LogP contribution in [0.4, 0.5) is 5.82 Å². The summed E-state index contributed by atoms with van der Waals surface area (Å²) >= 11 is 0. The van der Waals surface area contributed by atoms with E-state index < -0.39 is 5.41 Å². The number of hydrogen-bond donors (Lipinski definition) is 1. The second-order valence-electron chi connectivity index (χ2n) is 8.44. The van der Waals surface area contributed by atoms with Gasteiger partial charge in [-0.25, -0.2) is 9.97 Å². The zero-order chi connectivity index (χ0) is 22.3. The first-order valence-electron chi connectivity index (χ1n) is 10.5. The van der Waals surface area contributed by atoms with Crippen molar-refractivity contribution in [2.24, 2.45) is 5.92 Å². The van der Waals surface area contributed by atoms with E-state index in [1.54, 1.807) is 12.4 Å². The third-order valence-corrected chi connectivity index (χ3v) is 6.19. The highest BCUT2D eigenvalue weighted by atomic mass is 16.5. The molecule has 1 aliphatic heterocycles. The first kappa shape index (κ1) is 20.3. The van der Waals surface area contributed by atoms with Crippen LogP contribution in [0.3, 0.4) is 0 Å². The van der Waals surface area contributed by atoms with Crippen LogP contribution in [0.1, 0.15) is 38.2 Å². The van der Waals surface area contributed by atoms with Gasteiger partial charge in [-0.2, -0.15) is 10.1 Å². The SMILES string of the molecule is CC(C)[C@](C)(c1ccc(-c2cnc(N)cn2)nc1)c1noc(-c2cnn(C3COC3)c2)n1. The number of aromatic nitrogens is 7. The molecule has 1 saturated heterocycles. The number of anilines is 1. The van der Waals surface area contributed by atoms with Crippen LogP contribution in [0.25, 0.3) is 22.8 Å². The monoisotopic (exact) mass is 432 g/mol. The van der Waals surface area contributed by atoms with Gasteiger partial charge in [-0.05, 0) is 24.5 Å². The normalized spacial score (nSPS) is 16.1. The van der Waals surface area contributed by atoms with Crippen molar-refractivity contribution >= 4 is 5.82 Å². The summed E-state index contributed by atoms with van der Waals surface area (Å²) in [6.07, 6.45) is 8.62. The highest BCUT2D eigenvalue weighted by Gasteiger charge is 2.38. The number of pyridine rings is 1. The Morgan fingerprint density at radius 2 is 1.88 bits per heavy atom. The molecular formula is C22H24N8O2. The third kappa shape index (κ3) is 3.42. The van der Waals surface area contributed by atoms with E-state index in [0.717, 1.165) is 11.1 Å². The molecule has 32 heavy (non-hydrogen) atoms. The Hall–Kier alpha value is -3.66. The van der Waals surface area contributed by atoms with E-state index in [1.165, 1.54) is 6.20 Å². The van der Waals surface area contributed by atoms with Crippen LogP contribution < -0.4 is 5.73 Å². The molecule has 0 saturated carbocycles. The summed E-state index contributed by atoms with van der Waals surface area (Å²) in [6, 6.07) is 4.20. The fourth-order valence-electron chi connectivity index (χ4n) is 3.62. The minimum Gasteiger partial charge on any atom is -0.382 e. The van der Waals surface area contributed by atoms with Gasteiger partial charge in [0.15, 0.2) is 5.82 Å². The molecule has 0 spiro atoms. The largest absolute Gasteiger partial charge is 0.382 e. The fourth-order valence-corrected chi connectivity index (χ4v) is 3.62. The lowest BCUT2D eigenvalue weighted by Crippen LogP contribution is -2.31. The molecule has 10 nitrogen and oxygen atoms in total. The maximum absolute atomic E-state index is 5.63. The summed E-state index contributed by atoms with van der Waals surface area (Å²) < 4.78 is 12.7. The Bertz CT molecular complexity index is 1210. The summed E-state index contributed by atoms with van der Waals surface area (Å²) in [4.78, 5) is 17.7. The second kappa shape index (κ2) is 7.79. The van der Waals surface area contributed by atoms with Crippen molar-refractivity contribution in [2.45, 2.75) is 32.2 Å². The van der Waals surface area contributed by atoms with Gasteiger partial charge in [-0.3, -0.25) is 9.67 Å². The van der Waals surface area contributed by atoms with Crippen LogP contribution in [0.15, 0.2) is 47.6 Å². The van der Waals surface area contributed by atoms with Crippen molar-refractivity contribution in [3.63, 3.8) is 0 Å². The van der Waals surface area contributed by atoms with Gasteiger partial charge in [-0.15, -0.1) is 0 Å². The molecule has 10 heteroatoms. The van der Waals surface area contributed by atoms with E-state index in [1.807, 2.05) is 29.2 Å². The molecule has 0 bridgehead atoms. The molecule has 1 fully saturated rings. The maximum atomic E-state index is 5.63. The number of nitrogens with two attached hydrogens (primary N) is 1. The Balaban J connectivity index is 1.45. The van der Waals surface area contributed by atoms with E-state index in [2.05, 4.69) is 46.0 Å². The molecule has 0 aliphatic carbocycles. The minimum atomic E-state index is -0.502. The number of nitrogens with zero attached hydrogens (tertiary/aromatic N) is 7. The maximum Gasteiger partial charge on any atom is 0.261 e. The summed E-state index contributed by atoms with van der Waals surface area (Å²) in [7, 11) is 0. The average Bonchev–Trinajstić information content (AvgIpc) is 3.43. The highest BCUT2D eigenvalue weighted by molar-refractivity contribution is 5.54. The van der Waals surface area contributed by atoms with Crippen LogP contribution in [-0.2, 0) is 10.2 Å². The molecular weight excluding hydrogens is 408 g/mol. The molecule has 0 amide bonds. The number of hydrogen-bond acceptors (Lipinski definition) is 9. The van der Waals surface area contributed by atoms with Gasteiger partial charge in [0.1, 0.15) is 11.5 Å². The third-order valence-electron chi connectivity index (χ3n) is 6.19. The van der Waals surface area contributed by atoms with Crippen molar-refractivity contribution in [1.29, 1.82) is 0 Å². The lowest BCUT2D eigenvalue weighted by atomic mass is 9.73. The van der Waals surface area contributed by atoms with E-state index >= 15 is 0 Å². The number of ether oxygens (including phenoxy) is 1. The molecule has 0 radical (unpaired) electrons. The van der Waals surface area contributed by atoms with Crippen LogP contribution in [-0.4, -0.2) is 48.1 Å². The zero-order valence-electron chi connectivity index (χ0n) is 18.1. The summed E-state index contributed by atoms with van der Waals surface area (Å²) in [5, 5.41) is 8.73. The van der Waals surface area contributed by atoms with Gasteiger partial charge in [0.05, 0.1) is 54.5 Å². The first-order valence-corrected chi connectivity index (χ1v) is 10.5. The Labute approximate surface area is 184 Å². The quantitative estimate of drug-likeness (QED) is 0.488. The number of nitrogen functional groups attached to an aromatic ring is 1. The standard InChI is InChI=1S/C22H24N8O2/c1-13(2)22(3,15-4-5-17(24-7-15)18-8-26-19(23)9-25-18)21-28-20(32-29-21)14-6-27-30(10-14)16-11-31-12-16/h4-10,13,16H,11-12H2,1-3H3,(H2,23,26)/t22-/m1/s1. The predicted octanol–water partition coefficient (Wildman–Crippen LogP) is 2.90. The first-order chi connectivity index (χ1) is 15.4. The van der Waals surface area contributed by atoms with Crippen molar-refractivity contribution < 1.29 is 9.26 Å². The molecule has 4 aromatic heterocycles. The molecule has 0 unspecified atom stereocenters. The fraction of sp³-hybridized carbons (Fsp3) is 0.364. The van der Waals surface area contributed by atoms with E-state index in [9.17, 15) is 0 Å². The van der Waals surface area contributed by atoms with Gasteiger partial charge in [-0.1, -0.05) is 25.1 Å². The highest BCUT2D eigenvalue weighted by Crippen LogP contribution is 2.38. The molecule has 1 atom stereocenters. The Morgan fingerprint density at radius 3 is 2.50 bits per heavy atom. The van der Waals surface area contributed by atoms with Gasteiger partial charge in [0, 0.05) is 12.4 Å². The van der Waals surface area contributed by atoms with Crippen LogP contribution in [0.5, 0.6) is 0 Å². The summed E-state index contributed by atoms with van der Waals surface area (Å²) in [5.74, 6) is 1.60. The predicted molar refractivity (Wildman–Crippen MR) is 116 cm³/mol. The van der Waals surface area contributed by atoms with E-state index in [0.29, 0.717) is 42.1 Å². The van der Waals surface area contributed by atoms with E-state index in [-0.39, 0.29) is 12.0 Å².